The van der Waals surface area contributed by atoms with Crippen LogP contribution in [-0.2, 0) is 0 Å². The van der Waals surface area contributed by atoms with Crippen LogP contribution in [0.3, 0.4) is 0 Å². The topological polar surface area (TPSA) is 34.1 Å². The molecule has 1 aliphatic carbocycles. The Morgan fingerprint density at radius 2 is 1.50 bits per heavy atom. The standard InChI is InChI=1S/C23H17FO2/c24-17-12-10-16(11-13-17)23(26)22-19-9-5-4-8-18(19)21(25)14-20(22)15-6-2-1-3-7-15/h1-13,20,22H,14H2/t20-,22-/m1/s1. The van der Waals surface area contributed by atoms with Crippen molar-refractivity contribution in [2.75, 3.05) is 0 Å². The highest BCUT2D eigenvalue weighted by Crippen LogP contribution is 2.44. The number of hydrogen-bond donors (Lipinski definition) is 0. The van der Waals surface area contributed by atoms with Crippen molar-refractivity contribution in [3.63, 3.8) is 0 Å². The maximum absolute atomic E-state index is 13.3. The fraction of sp³-hybridized carbons (Fsp3) is 0.130. The largest absolute Gasteiger partial charge is 0.294 e. The van der Waals surface area contributed by atoms with Gasteiger partial charge in [0.05, 0.1) is 5.92 Å². The zero-order valence-corrected chi connectivity index (χ0v) is 14.1. The number of rotatable bonds is 3. The van der Waals surface area contributed by atoms with Crippen LogP contribution >= 0.6 is 0 Å². The molecule has 0 heterocycles. The van der Waals surface area contributed by atoms with E-state index in [1.54, 1.807) is 6.07 Å². The molecular weight excluding hydrogens is 327 g/mol. The molecule has 1 aliphatic rings. The zero-order valence-electron chi connectivity index (χ0n) is 14.1. The molecule has 0 unspecified atom stereocenters. The Morgan fingerprint density at radius 3 is 2.23 bits per heavy atom. The lowest BCUT2D eigenvalue weighted by molar-refractivity contribution is 0.0900. The summed E-state index contributed by atoms with van der Waals surface area (Å²) in [5.74, 6) is -1.09. The Hall–Kier alpha value is -3.07. The van der Waals surface area contributed by atoms with Gasteiger partial charge in [0.25, 0.3) is 0 Å². The summed E-state index contributed by atoms with van der Waals surface area (Å²) in [6.07, 6.45) is 0.290. The van der Waals surface area contributed by atoms with Gasteiger partial charge in [0.1, 0.15) is 5.82 Å². The van der Waals surface area contributed by atoms with Gasteiger partial charge in [-0.05, 0) is 35.4 Å². The summed E-state index contributed by atoms with van der Waals surface area (Å²) in [5.41, 5.74) is 2.80. The second-order valence-electron chi connectivity index (χ2n) is 6.58. The van der Waals surface area contributed by atoms with Gasteiger partial charge in [-0.25, -0.2) is 4.39 Å². The van der Waals surface area contributed by atoms with Gasteiger partial charge in [0, 0.05) is 23.5 Å². The molecule has 0 aromatic heterocycles. The highest BCUT2D eigenvalue weighted by molar-refractivity contribution is 6.07. The van der Waals surface area contributed by atoms with Crippen molar-refractivity contribution in [2.45, 2.75) is 18.3 Å². The molecule has 0 saturated carbocycles. The second kappa shape index (κ2) is 6.68. The number of carbonyl (C=O) groups excluding carboxylic acids is 2. The minimum absolute atomic E-state index is 0.0533. The molecule has 26 heavy (non-hydrogen) atoms. The summed E-state index contributed by atoms with van der Waals surface area (Å²) in [7, 11) is 0. The first kappa shape index (κ1) is 16.4. The molecule has 2 atom stereocenters. The van der Waals surface area contributed by atoms with Crippen LogP contribution in [0.25, 0.3) is 0 Å². The minimum atomic E-state index is -0.461. The lowest BCUT2D eigenvalue weighted by atomic mass is 9.69. The molecule has 0 spiro atoms. The number of benzene rings is 3. The van der Waals surface area contributed by atoms with E-state index in [-0.39, 0.29) is 23.3 Å². The second-order valence-corrected chi connectivity index (χ2v) is 6.58. The third kappa shape index (κ3) is 2.86. The number of Topliss-reactive ketones (excluding diaryl/α,β-unsaturated/α-hetero) is 2. The summed E-state index contributed by atoms with van der Waals surface area (Å²) in [6.45, 7) is 0. The van der Waals surface area contributed by atoms with E-state index in [4.69, 9.17) is 0 Å². The fourth-order valence-corrected chi connectivity index (χ4v) is 3.79. The number of carbonyl (C=O) groups is 2. The number of hydrogen-bond acceptors (Lipinski definition) is 2. The normalized spacial score (nSPS) is 19.0. The molecule has 0 saturated heterocycles. The summed E-state index contributed by atoms with van der Waals surface area (Å²) >= 11 is 0. The van der Waals surface area contributed by atoms with Crippen LogP contribution in [0.15, 0.2) is 78.9 Å². The lowest BCUT2D eigenvalue weighted by Crippen LogP contribution is -2.29. The maximum atomic E-state index is 13.3. The molecule has 2 nitrogen and oxygen atoms in total. The molecule has 128 valence electrons. The predicted molar refractivity (Wildman–Crippen MR) is 98.0 cm³/mol. The lowest BCUT2D eigenvalue weighted by Gasteiger charge is -2.32. The van der Waals surface area contributed by atoms with Crippen LogP contribution in [-0.4, -0.2) is 11.6 Å². The van der Waals surface area contributed by atoms with E-state index in [1.165, 1.54) is 24.3 Å². The molecule has 3 heteroatoms. The Balaban J connectivity index is 1.85. The SMILES string of the molecule is O=C1C[C@H](c2ccccc2)[C@H](C(=O)c2ccc(F)cc2)c2ccccc21. The van der Waals surface area contributed by atoms with Crippen molar-refractivity contribution in [1.82, 2.24) is 0 Å². The molecule has 0 bridgehead atoms. The van der Waals surface area contributed by atoms with Crippen LogP contribution in [0, 0.1) is 5.82 Å². The van der Waals surface area contributed by atoms with Crippen LogP contribution in [0.5, 0.6) is 0 Å². The Kier molecular flexibility index (Phi) is 4.21. The van der Waals surface area contributed by atoms with Gasteiger partial charge in [-0.1, -0.05) is 54.6 Å². The monoisotopic (exact) mass is 344 g/mol. The van der Waals surface area contributed by atoms with Gasteiger partial charge in [-0.2, -0.15) is 0 Å². The van der Waals surface area contributed by atoms with Crippen molar-refractivity contribution >= 4 is 11.6 Å². The highest BCUT2D eigenvalue weighted by Gasteiger charge is 2.39. The van der Waals surface area contributed by atoms with Gasteiger partial charge >= 0.3 is 0 Å². The first-order chi connectivity index (χ1) is 12.6. The summed E-state index contributed by atoms with van der Waals surface area (Å²) in [5, 5.41) is 0. The van der Waals surface area contributed by atoms with E-state index < -0.39 is 5.92 Å². The van der Waals surface area contributed by atoms with Crippen LogP contribution in [0.2, 0.25) is 0 Å². The van der Waals surface area contributed by atoms with E-state index in [1.807, 2.05) is 48.5 Å². The van der Waals surface area contributed by atoms with E-state index >= 15 is 0 Å². The minimum Gasteiger partial charge on any atom is -0.294 e. The molecule has 4 rings (SSSR count). The van der Waals surface area contributed by atoms with E-state index in [0.717, 1.165) is 11.1 Å². The van der Waals surface area contributed by atoms with Crippen LogP contribution in [0.1, 0.15) is 50.1 Å². The first-order valence-corrected chi connectivity index (χ1v) is 8.62. The smallest absolute Gasteiger partial charge is 0.170 e. The Morgan fingerprint density at radius 1 is 0.846 bits per heavy atom. The van der Waals surface area contributed by atoms with Crippen molar-refractivity contribution in [1.29, 1.82) is 0 Å². The summed E-state index contributed by atoms with van der Waals surface area (Å²) < 4.78 is 13.3. The van der Waals surface area contributed by atoms with Gasteiger partial charge in [-0.3, -0.25) is 9.59 Å². The molecule has 0 fully saturated rings. The average Bonchev–Trinajstić information content (AvgIpc) is 2.69. The van der Waals surface area contributed by atoms with Crippen molar-refractivity contribution in [2.24, 2.45) is 0 Å². The fourth-order valence-electron chi connectivity index (χ4n) is 3.79. The predicted octanol–water partition coefficient (Wildman–Crippen LogP) is 5.16. The molecular formula is C23H17FO2. The van der Waals surface area contributed by atoms with E-state index in [0.29, 0.717) is 17.5 Å². The molecule has 0 amide bonds. The van der Waals surface area contributed by atoms with Crippen LogP contribution < -0.4 is 0 Å². The van der Waals surface area contributed by atoms with Gasteiger partial charge in [0.15, 0.2) is 11.6 Å². The molecule has 3 aromatic carbocycles. The van der Waals surface area contributed by atoms with Gasteiger partial charge in [-0.15, -0.1) is 0 Å². The van der Waals surface area contributed by atoms with Crippen molar-refractivity contribution in [3.05, 3.63) is 107 Å². The Bertz CT molecular complexity index is 961. The molecule has 0 aliphatic heterocycles. The maximum Gasteiger partial charge on any atom is 0.170 e. The first-order valence-electron chi connectivity index (χ1n) is 8.62. The molecule has 0 radical (unpaired) electrons. The number of halogens is 1. The highest BCUT2D eigenvalue weighted by atomic mass is 19.1. The summed E-state index contributed by atoms with van der Waals surface area (Å²) in [6, 6.07) is 22.6. The summed E-state index contributed by atoms with van der Waals surface area (Å²) in [4.78, 5) is 26.0. The number of ketones is 2. The average molecular weight is 344 g/mol. The van der Waals surface area contributed by atoms with Gasteiger partial charge < -0.3 is 0 Å². The third-order valence-corrected chi connectivity index (χ3v) is 5.04. The third-order valence-electron chi connectivity index (χ3n) is 5.04. The zero-order chi connectivity index (χ0) is 18.1. The Labute approximate surface area is 151 Å². The molecule has 0 N–H and O–H groups in total. The molecule has 3 aromatic rings. The van der Waals surface area contributed by atoms with E-state index in [9.17, 15) is 14.0 Å². The quantitative estimate of drug-likeness (QED) is 0.615. The number of fused-ring (bicyclic) bond motifs is 1. The van der Waals surface area contributed by atoms with Gasteiger partial charge in [0.2, 0.25) is 0 Å². The van der Waals surface area contributed by atoms with Crippen LogP contribution in [0.4, 0.5) is 4.39 Å². The van der Waals surface area contributed by atoms with E-state index in [2.05, 4.69) is 0 Å². The van der Waals surface area contributed by atoms with Crippen molar-refractivity contribution < 1.29 is 14.0 Å². The van der Waals surface area contributed by atoms with Crippen molar-refractivity contribution in [3.8, 4) is 0 Å².